The van der Waals surface area contributed by atoms with Crippen LogP contribution in [0, 0.1) is 0 Å². The van der Waals surface area contributed by atoms with E-state index in [4.69, 9.17) is 4.74 Å². The van der Waals surface area contributed by atoms with Crippen LogP contribution in [-0.4, -0.2) is 61.2 Å². The van der Waals surface area contributed by atoms with Crippen LogP contribution in [0.2, 0.25) is 0 Å². The van der Waals surface area contributed by atoms with Crippen molar-refractivity contribution in [1.82, 2.24) is 14.9 Å². The highest BCUT2D eigenvalue weighted by Crippen LogP contribution is 2.20. The lowest BCUT2D eigenvalue weighted by atomic mass is 10.2. The summed E-state index contributed by atoms with van der Waals surface area (Å²) >= 11 is 0. The number of aromatic nitrogens is 2. The van der Waals surface area contributed by atoms with E-state index in [0.717, 1.165) is 0 Å². The highest BCUT2D eigenvalue weighted by Gasteiger charge is 2.27. The molecule has 148 valence electrons. The minimum atomic E-state index is -3.68. The van der Waals surface area contributed by atoms with E-state index in [9.17, 15) is 13.2 Å². The number of ether oxygens (including phenoxy) is 1. The Morgan fingerprint density at radius 2 is 1.74 bits per heavy atom. The molecule has 0 unspecified atom stereocenters. The minimum absolute atomic E-state index is 0.00161. The van der Waals surface area contributed by atoms with E-state index in [1.807, 2.05) is 25.7 Å². The topological polar surface area (TPSA) is 92.7 Å². The monoisotopic (exact) mass is 394 g/mol. The van der Waals surface area contributed by atoms with Gasteiger partial charge in [-0.25, -0.2) is 23.2 Å². The van der Waals surface area contributed by atoms with Crippen LogP contribution in [0.1, 0.15) is 27.7 Å². The molecule has 0 bridgehead atoms. The summed E-state index contributed by atoms with van der Waals surface area (Å²) in [6.07, 6.45) is 5.27. The van der Waals surface area contributed by atoms with E-state index in [0.29, 0.717) is 32.1 Å². The van der Waals surface area contributed by atoms with Gasteiger partial charge in [-0.2, -0.15) is 0 Å². The maximum atomic E-state index is 12.3. The first kappa shape index (κ1) is 20.9. The first-order valence-electron chi connectivity index (χ1n) is 8.66. The third-order valence-corrected chi connectivity index (χ3v) is 5.49. The molecule has 1 amide bonds. The van der Waals surface area contributed by atoms with Gasteiger partial charge in [-0.1, -0.05) is 12.7 Å². The van der Waals surface area contributed by atoms with E-state index < -0.39 is 15.4 Å². The molecule has 1 aromatic heterocycles. The number of rotatable bonds is 4. The molecule has 0 radical (unpaired) electrons. The maximum absolute atomic E-state index is 12.3. The number of nitrogens with zero attached hydrogens (tertiary/aromatic N) is 4. The lowest BCUT2D eigenvalue weighted by Gasteiger charge is -2.35. The van der Waals surface area contributed by atoms with E-state index in [1.165, 1.54) is 18.5 Å². The number of carbonyl (C=O) groups is 1. The number of hydrogen-bond donors (Lipinski definition) is 0. The third kappa shape index (κ3) is 5.29. The summed E-state index contributed by atoms with van der Waals surface area (Å²) in [5, 5.41) is 0. The van der Waals surface area contributed by atoms with Crippen molar-refractivity contribution in [3.63, 3.8) is 0 Å². The average Bonchev–Trinajstić information content (AvgIpc) is 2.61. The molecule has 27 heavy (non-hydrogen) atoms. The molecule has 0 aliphatic carbocycles. The van der Waals surface area contributed by atoms with Crippen molar-refractivity contribution in [2.75, 3.05) is 31.1 Å². The second-order valence-corrected chi connectivity index (χ2v) is 9.15. The van der Waals surface area contributed by atoms with Gasteiger partial charge in [-0.15, -0.1) is 0 Å². The minimum Gasteiger partial charge on any atom is -0.444 e. The number of amides is 1. The zero-order valence-corrected chi connectivity index (χ0v) is 17.0. The van der Waals surface area contributed by atoms with Crippen LogP contribution < -0.4 is 4.90 Å². The number of carbonyl (C=O) groups excluding carboxylic acids is 1. The Bertz CT molecular complexity index is 818. The van der Waals surface area contributed by atoms with Crippen LogP contribution in [0.5, 0.6) is 0 Å². The van der Waals surface area contributed by atoms with Crippen LogP contribution in [0.25, 0.3) is 0 Å². The molecule has 9 heteroatoms. The van der Waals surface area contributed by atoms with Gasteiger partial charge >= 0.3 is 6.09 Å². The molecule has 1 aromatic rings. The van der Waals surface area contributed by atoms with Crippen LogP contribution in [-0.2, 0) is 14.6 Å². The fraction of sp³-hybridized carbons (Fsp3) is 0.500. The lowest BCUT2D eigenvalue weighted by molar-refractivity contribution is 0.0240. The molecule has 8 nitrogen and oxygen atoms in total. The highest BCUT2D eigenvalue weighted by molar-refractivity contribution is 7.95. The number of piperazine rings is 1. The molecule has 2 rings (SSSR count). The maximum Gasteiger partial charge on any atom is 0.410 e. The standard InChI is InChI=1S/C18H26N4O4S/c1-6-7-14(2)27(24,25)15-12-19-16(20-13-15)21-8-10-22(11-9-21)17(23)26-18(3,4)5/h6-7,12-13H,2,8-11H2,1,3-5H3. The van der Waals surface area contributed by atoms with Crippen molar-refractivity contribution >= 4 is 21.9 Å². The molecular formula is C18H26N4O4S. The van der Waals surface area contributed by atoms with Crippen molar-refractivity contribution in [3.05, 3.63) is 36.0 Å². The zero-order valence-electron chi connectivity index (χ0n) is 16.2. The second kappa shape index (κ2) is 8.08. The van der Waals surface area contributed by atoms with Gasteiger partial charge in [0.2, 0.25) is 15.8 Å². The molecule has 0 aromatic carbocycles. The summed E-state index contributed by atoms with van der Waals surface area (Å²) in [6.45, 7) is 12.8. The van der Waals surface area contributed by atoms with Crippen molar-refractivity contribution in [3.8, 4) is 0 Å². The molecule has 1 aliphatic heterocycles. The summed E-state index contributed by atoms with van der Waals surface area (Å²) in [5.74, 6) is 0.425. The molecule has 0 saturated carbocycles. The van der Waals surface area contributed by atoms with Crippen molar-refractivity contribution in [1.29, 1.82) is 0 Å². The Hall–Kier alpha value is -2.42. The van der Waals surface area contributed by atoms with E-state index in [-0.39, 0.29) is 15.9 Å². The Labute approximate surface area is 160 Å². The molecule has 1 fully saturated rings. The predicted octanol–water partition coefficient (Wildman–Crippen LogP) is 2.40. The number of sulfone groups is 1. The van der Waals surface area contributed by atoms with Crippen molar-refractivity contribution < 1.29 is 17.9 Å². The van der Waals surface area contributed by atoms with Gasteiger partial charge in [0.15, 0.2) is 0 Å². The zero-order chi connectivity index (χ0) is 20.2. The van der Waals surface area contributed by atoms with Crippen molar-refractivity contribution in [2.24, 2.45) is 0 Å². The van der Waals surface area contributed by atoms with Crippen LogP contribution in [0.4, 0.5) is 10.7 Å². The summed E-state index contributed by atoms with van der Waals surface area (Å²) in [6, 6.07) is 0. The van der Waals surface area contributed by atoms with E-state index in [1.54, 1.807) is 17.9 Å². The van der Waals surface area contributed by atoms with Crippen LogP contribution in [0.3, 0.4) is 0 Å². The van der Waals surface area contributed by atoms with Gasteiger partial charge in [0.25, 0.3) is 0 Å². The quantitative estimate of drug-likeness (QED) is 0.724. The van der Waals surface area contributed by atoms with Crippen LogP contribution in [0.15, 0.2) is 40.9 Å². The van der Waals surface area contributed by atoms with E-state index in [2.05, 4.69) is 16.5 Å². The number of allylic oxidation sites excluding steroid dienone is 2. The van der Waals surface area contributed by atoms with Gasteiger partial charge in [0.05, 0.1) is 17.3 Å². The van der Waals surface area contributed by atoms with Gasteiger partial charge in [-0.3, -0.25) is 0 Å². The summed E-state index contributed by atoms with van der Waals surface area (Å²) in [5.41, 5.74) is -0.532. The van der Waals surface area contributed by atoms with Gasteiger partial charge < -0.3 is 14.5 Å². The second-order valence-electron chi connectivity index (χ2n) is 7.14. The Balaban J connectivity index is 2.01. The molecule has 0 N–H and O–H groups in total. The Kier molecular flexibility index (Phi) is 6.25. The fourth-order valence-electron chi connectivity index (χ4n) is 2.45. The number of hydrogen-bond acceptors (Lipinski definition) is 7. The normalized spacial score (nSPS) is 15.9. The molecular weight excluding hydrogens is 368 g/mol. The average molecular weight is 394 g/mol. The first-order chi connectivity index (χ1) is 12.5. The third-order valence-electron chi connectivity index (χ3n) is 3.84. The summed E-state index contributed by atoms with van der Waals surface area (Å²) < 4.78 is 30.0. The van der Waals surface area contributed by atoms with Crippen LogP contribution >= 0.6 is 0 Å². The lowest BCUT2D eigenvalue weighted by Crippen LogP contribution is -2.50. The SMILES string of the molecule is C=C(C=CC)S(=O)(=O)c1cnc(N2CCN(C(=O)OC(C)(C)C)CC2)nc1. The summed E-state index contributed by atoms with van der Waals surface area (Å²) in [7, 11) is -3.68. The van der Waals surface area contributed by atoms with Crippen molar-refractivity contribution in [2.45, 2.75) is 38.2 Å². The van der Waals surface area contributed by atoms with Gasteiger partial charge in [0.1, 0.15) is 10.5 Å². The smallest absolute Gasteiger partial charge is 0.410 e. The molecule has 1 saturated heterocycles. The number of anilines is 1. The summed E-state index contributed by atoms with van der Waals surface area (Å²) in [4.78, 5) is 24.0. The largest absolute Gasteiger partial charge is 0.444 e. The first-order valence-corrected chi connectivity index (χ1v) is 10.1. The Morgan fingerprint density at radius 1 is 1.19 bits per heavy atom. The molecule has 1 aliphatic rings. The molecule has 0 spiro atoms. The van der Waals surface area contributed by atoms with Gasteiger partial charge in [-0.05, 0) is 33.8 Å². The Morgan fingerprint density at radius 3 is 2.22 bits per heavy atom. The highest BCUT2D eigenvalue weighted by atomic mass is 32.2. The van der Waals surface area contributed by atoms with E-state index >= 15 is 0 Å². The molecule has 0 atom stereocenters. The fourth-order valence-corrected chi connectivity index (χ4v) is 3.45. The van der Waals surface area contributed by atoms with Gasteiger partial charge in [0, 0.05) is 26.2 Å². The molecule has 2 heterocycles. The predicted molar refractivity (Wildman–Crippen MR) is 103 cm³/mol.